The molecule has 1 heterocycles. The smallest absolute Gasteiger partial charge is 0.316 e. The topological polar surface area (TPSA) is 38.8 Å². The minimum Gasteiger partial charge on any atom is -0.497 e. The summed E-state index contributed by atoms with van der Waals surface area (Å²) in [6.07, 6.45) is 5.24. The number of carbonyl (C=O) groups excluding carboxylic acids is 1. The summed E-state index contributed by atoms with van der Waals surface area (Å²) in [5.74, 6) is 1.48. The van der Waals surface area contributed by atoms with Crippen molar-refractivity contribution in [1.29, 1.82) is 0 Å². The number of esters is 1. The van der Waals surface area contributed by atoms with Crippen molar-refractivity contribution in [1.82, 2.24) is 4.90 Å². The Balaban J connectivity index is 1.58. The van der Waals surface area contributed by atoms with E-state index in [0.717, 1.165) is 55.2 Å². The number of piperidine rings is 1. The summed E-state index contributed by atoms with van der Waals surface area (Å²) in [6, 6.07) is 16.1. The molecule has 180 valence electrons. The van der Waals surface area contributed by atoms with Gasteiger partial charge in [-0.25, -0.2) is 0 Å². The number of likely N-dealkylation sites (tertiary alicyclic amines) is 1. The number of methoxy groups -OCH3 is 2. The Morgan fingerprint density at radius 1 is 1.12 bits per heavy atom. The van der Waals surface area contributed by atoms with Crippen LogP contribution in [0.15, 0.2) is 48.5 Å². The monoisotopic (exact) mass is 471 g/mol. The number of halogens is 1. The third kappa shape index (κ3) is 6.30. The highest BCUT2D eigenvalue weighted by molar-refractivity contribution is 6.30. The molecule has 0 spiro atoms. The molecule has 0 bridgehead atoms. The highest BCUT2D eigenvalue weighted by atomic mass is 35.5. The summed E-state index contributed by atoms with van der Waals surface area (Å²) in [4.78, 5) is 15.6. The van der Waals surface area contributed by atoms with Gasteiger partial charge in [-0.05, 0) is 99.0 Å². The summed E-state index contributed by atoms with van der Waals surface area (Å²) < 4.78 is 10.6. The number of carbonyl (C=O) groups is 1. The molecular weight excluding hydrogens is 434 g/mol. The van der Waals surface area contributed by atoms with Gasteiger partial charge in [-0.15, -0.1) is 0 Å². The predicted molar refractivity (Wildman–Crippen MR) is 135 cm³/mol. The van der Waals surface area contributed by atoms with Gasteiger partial charge in [0.15, 0.2) is 0 Å². The van der Waals surface area contributed by atoms with E-state index in [9.17, 15) is 4.79 Å². The lowest BCUT2D eigenvalue weighted by Gasteiger charge is -2.37. The molecule has 2 aromatic carbocycles. The molecule has 0 aromatic heterocycles. The Morgan fingerprint density at radius 2 is 1.82 bits per heavy atom. The summed E-state index contributed by atoms with van der Waals surface area (Å²) in [7, 11) is 3.15. The van der Waals surface area contributed by atoms with Gasteiger partial charge in [0.05, 0.1) is 19.6 Å². The van der Waals surface area contributed by atoms with Crippen molar-refractivity contribution in [3.05, 3.63) is 64.7 Å². The van der Waals surface area contributed by atoms with E-state index in [1.54, 1.807) is 7.11 Å². The highest BCUT2D eigenvalue weighted by Crippen LogP contribution is 2.39. The van der Waals surface area contributed by atoms with Crippen molar-refractivity contribution in [2.24, 2.45) is 11.8 Å². The van der Waals surface area contributed by atoms with E-state index in [0.29, 0.717) is 5.92 Å². The molecule has 0 aliphatic carbocycles. The summed E-state index contributed by atoms with van der Waals surface area (Å²) in [5, 5.41) is 0.820. The van der Waals surface area contributed by atoms with Gasteiger partial charge in [0.1, 0.15) is 5.75 Å². The maximum atomic E-state index is 13.1. The Bertz CT molecular complexity index is 890. The molecule has 0 radical (unpaired) electrons. The van der Waals surface area contributed by atoms with Crippen LogP contribution in [0.4, 0.5) is 0 Å². The first-order valence-corrected chi connectivity index (χ1v) is 12.5. The summed E-state index contributed by atoms with van der Waals surface area (Å²) in [5.41, 5.74) is 1.69. The standard InChI is InChI=1S/C28H38ClNO3/c1-21(2)28(27(31)33-4,24-9-11-26(32-3)12-10-24)15-6-16-30-17-13-22(14-18-30)19-23-7-5-8-25(29)20-23/h5,7-12,20-22H,6,13-19H2,1-4H3. The maximum absolute atomic E-state index is 13.1. The lowest BCUT2D eigenvalue weighted by atomic mass is 9.68. The van der Waals surface area contributed by atoms with E-state index in [1.165, 1.54) is 25.5 Å². The first-order valence-electron chi connectivity index (χ1n) is 12.1. The second kappa shape index (κ2) is 11.9. The first kappa shape index (κ1) is 25.6. The molecule has 1 aliphatic heterocycles. The second-order valence-corrected chi connectivity index (χ2v) is 10.0. The van der Waals surface area contributed by atoms with Crippen LogP contribution in [0, 0.1) is 11.8 Å². The van der Waals surface area contributed by atoms with Crippen LogP contribution < -0.4 is 4.74 Å². The summed E-state index contributed by atoms with van der Waals surface area (Å²) >= 11 is 6.15. The van der Waals surface area contributed by atoms with Crippen LogP contribution in [-0.2, 0) is 21.4 Å². The van der Waals surface area contributed by atoms with Crippen LogP contribution in [0.25, 0.3) is 0 Å². The van der Waals surface area contributed by atoms with Gasteiger partial charge >= 0.3 is 5.97 Å². The third-order valence-electron chi connectivity index (χ3n) is 7.31. The highest BCUT2D eigenvalue weighted by Gasteiger charge is 2.44. The quantitative estimate of drug-likeness (QED) is 0.389. The average Bonchev–Trinajstić information content (AvgIpc) is 2.82. The van der Waals surface area contributed by atoms with E-state index in [-0.39, 0.29) is 11.9 Å². The van der Waals surface area contributed by atoms with E-state index in [1.807, 2.05) is 36.4 Å². The zero-order chi connectivity index (χ0) is 23.8. The van der Waals surface area contributed by atoms with Gasteiger partial charge in [0.25, 0.3) is 0 Å². The van der Waals surface area contributed by atoms with Crippen LogP contribution >= 0.6 is 11.6 Å². The SMILES string of the molecule is COC(=O)C(CCCN1CCC(Cc2cccc(Cl)c2)CC1)(c1ccc(OC)cc1)C(C)C. The number of hydrogen-bond donors (Lipinski definition) is 0. The van der Waals surface area contributed by atoms with Gasteiger partial charge < -0.3 is 14.4 Å². The molecule has 5 heteroatoms. The Hall–Kier alpha value is -2.04. The Morgan fingerprint density at radius 3 is 2.39 bits per heavy atom. The van der Waals surface area contributed by atoms with E-state index >= 15 is 0 Å². The van der Waals surface area contributed by atoms with Crippen molar-refractivity contribution < 1.29 is 14.3 Å². The molecule has 1 unspecified atom stereocenters. The lowest BCUT2D eigenvalue weighted by molar-refractivity contribution is -0.150. The molecule has 2 aromatic rings. The van der Waals surface area contributed by atoms with Gasteiger partial charge in [0.2, 0.25) is 0 Å². The number of ether oxygens (including phenoxy) is 2. The molecule has 1 aliphatic rings. The second-order valence-electron chi connectivity index (χ2n) is 9.57. The fourth-order valence-electron chi connectivity index (χ4n) is 5.29. The predicted octanol–water partition coefficient (Wildman–Crippen LogP) is 6.15. The van der Waals surface area contributed by atoms with Crippen LogP contribution in [-0.4, -0.2) is 44.7 Å². The lowest BCUT2D eigenvalue weighted by Crippen LogP contribution is -2.43. The van der Waals surface area contributed by atoms with E-state index in [4.69, 9.17) is 21.1 Å². The van der Waals surface area contributed by atoms with Gasteiger partial charge in [0, 0.05) is 5.02 Å². The molecule has 1 saturated heterocycles. The number of benzene rings is 2. The molecule has 4 nitrogen and oxygen atoms in total. The molecule has 3 rings (SSSR count). The largest absolute Gasteiger partial charge is 0.497 e. The van der Waals surface area contributed by atoms with Crippen LogP contribution in [0.3, 0.4) is 0 Å². The fourth-order valence-corrected chi connectivity index (χ4v) is 5.50. The van der Waals surface area contributed by atoms with Crippen molar-refractivity contribution >= 4 is 17.6 Å². The van der Waals surface area contributed by atoms with Crippen molar-refractivity contribution in [2.75, 3.05) is 33.9 Å². The van der Waals surface area contributed by atoms with Crippen LogP contribution in [0.1, 0.15) is 50.7 Å². The van der Waals surface area contributed by atoms with Gasteiger partial charge in [-0.3, -0.25) is 4.79 Å². The minimum absolute atomic E-state index is 0.127. The minimum atomic E-state index is -0.647. The first-order chi connectivity index (χ1) is 15.9. The van der Waals surface area contributed by atoms with E-state index < -0.39 is 5.41 Å². The average molecular weight is 472 g/mol. The number of nitrogens with zero attached hydrogens (tertiary/aromatic N) is 1. The molecule has 0 N–H and O–H groups in total. The molecule has 0 saturated carbocycles. The molecule has 0 amide bonds. The third-order valence-corrected chi connectivity index (χ3v) is 7.54. The van der Waals surface area contributed by atoms with Crippen molar-refractivity contribution in [3.63, 3.8) is 0 Å². The van der Waals surface area contributed by atoms with Crippen LogP contribution in [0.5, 0.6) is 5.75 Å². The van der Waals surface area contributed by atoms with Crippen molar-refractivity contribution in [3.8, 4) is 5.75 Å². The summed E-state index contributed by atoms with van der Waals surface area (Å²) in [6.45, 7) is 7.46. The Labute approximate surface area is 204 Å². The molecule has 33 heavy (non-hydrogen) atoms. The fraction of sp³-hybridized carbons (Fsp3) is 0.536. The molecule has 1 fully saturated rings. The van der Waals surface area contributed by atoms with Crippen molar-refractivity contribution in [2.45, 2.75) is 51.4 Å². The number of rotatable bonds is 10. The van der Waals surface area contributed by atoms with Gasteiger partial charge in [-0.1, -0.05) is 49.7 Å². The number of hydrogen-bond acceptors (Lipinski definition) is 4. The maximum Gasteiger partial charge on any atom is 0.316 e. The van der Waals surface area contributed by atoms with E-state index in [2.05, 4.69) is 30.9 Å². The molecule has 1 atom stereocenters. The molecular formula is C28H38ClNO3. The van der Waals surface area contributed by atoms with Crippen LogP contribution in [0.2, 0.25) is 5.02 Å². The zero-order valence-corrected chi connectivity index (χ0v) is 21.2. The Kier molecular flexibility index (Phi) is 9.22. The zero-order valence-electron chi connectivity index (χ0n) is 20.5. The normalized spacial score (nSPS) is 17.0. The van der Waals surface area contributed by atoms with Gasteiger partial charge in [-0.2, -0.15) is 0 Å².